The Kier molecular flexibility index (Phi) is 2.33. The van der Waals surface area contributed by atoms with E-state index in [0.29, 0.717) is 0 Å². The minimum atomic E-state index is -1.52. The quantitative estimate of drug-likeness (QED) is 0.443. The highest BCUT2D eigenvalue weighted by Gasteiger charge is 2.21. The summed E-state index contributed by atoms with van der Waals surface area (Å²) in [6.45, 7) is 0. The third kappa shape index (κ3) is 1.52. The molecule has 5 nitrogen and oxygen atoms in total. The molecule has 1 rings (SSSR count). The van der Waals surface area contributed by atoms with Crippen molar-refractivity contribution < 1.29 is 25.2 Å². The zero-order chi connectivity index (χ0) is 10.2. The summed E-state index contributed by atoms with van der Waals surface area (Å²) in [7, 11) is 0. The number of hydrogen-bond acceptors (Lipinski definition) is 4. The highest BCUT2D eigenvalue weighted by molar-refractivity contribution is 9.10. The van der Waals surface area contributed by atoms with Crippen LogP contribution in [0.5, 0.6) is 17.2 Å². The molecule has 0 aliphatic carbocycles. The van der Waals surface area contributed by atoms with E-state index in [1.807, 2.05) is 0 Å². The standard InChI is InChI=1S/C7H5BrO5/c8-2-1-3(9)6(11)4(5(2)10)7(12)13/h1,9-11H,(H,12,13). The van der Waals surface area contributed by atoms with Gasteiger partial charge in [-0.1, -0.05) is 0 Å². The maximum absolute atomic E-state index is 10.5. The van der Waals surface area contributed by atoms with Crippen molar-refractivity contribution in [3.05, 3.63) is 16.1 Å². The molecule has 0 aliphatic rings. The van der Waals surface area contributed by atoms with E-state index < -0.39 is 28.8 Å². The molecule has 0 spiro atoms. The molecule has 1 aromatic rings. The minimum absolute atomic E-state index is 0.000185. The molecule has 0 aliphatic heterocycles. The average molecular weight is 249 g/mol. The molecule has 1 aromatic carbocycles. The molecule has 0 aromatic heterocycles. The molecule has 0 radical (unpaired) electrons. The zero-order valence-corrected chi connectivity index (χ0v) is 7.74. The van der Waals surface area contributed by atoms with Crippen LogP contribution in [-0.4, -0.2) is 26.4 Å². The Bertz CT molecular complexity index is 347. The minimum Gasteiger partial charge on any atom is -0.506 e. The predicted molar refractivity (Wildman–Crippen MR) is 46.1 cm³/mol. The van der Waals surface area contributed by atoms with E-state index in [2.05, 4.69) is 15.9 Å². The van der Waals surface area contributed by atoms with Gasteiger partial charge in [0, 0.05) is 6.07 Å². The van der Waals surface area contributed by atoms with E-state index >= 15 is 0 Å². The molecule has 0 amide bonds. The molecule has 6 heteroatoms. The summed E-state index contributed by atoms with van der Waals surface area (Å²) in [4.78, 5) is 10.5. The lowest BCUT2D eigenvalue weighted by molar-refractivity contribution is 0.0689. The second kappa shape index (κ2) is 3.14. The molecule has 13 heavy (non-hydrogen) atoms. The van der Waals surface area contributed by atoms with Crippen LogP contribution in [0.15, 0.2) is 10.5 Å². The second-order valence-electron chi connectivity index (χ2n) is 2.25. The van der Waals surface area contributed by atoms with Gasteiger partial charge < -0.3 is 20.4 Å². The molecular formula is C7H5BrO5. The van der Waals surface area contributed by atoms with Crippen LogP contribution in [0.4, 0.5) is 0 Å². The summed E-state index contributed by atoms with van der Waals surface area (Å²) >= 11 is 2.81. The fourth-order valence-corrected chi connectivity index (χ4v) is 1.23. The van der Waals surface area contributed by atoms with Gasteiger partial charge in [-0.15, -0.1) is 0 Å². The number of halogens is 1. The third-order valence-electron chi connectivity index (χ3n) is 1.42. The topological polar surface area (TPSA) is 98.0 Å². The molecule has 0 bridgehead atoms. The second-order valence-corrected chi connectivity index (χ2v) is 3.11. The van der Waals surface area contributed by atoms with Crippen molar-refractivity contribution >= 4 is 21.9 Å². The Hall–Kier alpha value is -1.43. The molecule has 0 saturated carbocycles. The Morgan fingerprint density at radius 3 is 2.23 bits per heavy atom. The van der Waals surface area contributed by atoms with Gasteiger partial charge in [0.05, 0.1) is 4.47 Å². The van der Waals surface area contributed by atoms with Crippen LogP contribution in [0, 0.1) is 0 Å². The number of aromatic carboxylic acids is 1. The fourth-order valence-electron chi connectivity index (χ4n) is 0.819. The number of phenols is 3. The van der Waals surface area contributed by atoms with Crippen molar-refractivity contribution in [3.63, 3.8) is 0 Å². The van der Waals surface area contributed by atoms with Crippen LogP contribution in [0.3, 0.4) is 0 Å². The van der Waals surface area contributed by atoms with Crippen molar-refractivity contribution in [1.29, 1.82) is 0 Å². The molecule has 0 unspecified atom stereocenters. The Labute approximate surface area is 81.0 Å². The number of hydrogen-bond donors (Lipinski definition) is 4. The Balaban J connectivity index is 3.56. The highest BCUT2D eigenvalue weighted by Crippen LogP contribution is 2.40. The smallest absolute Gasteiger partial charge is 0.343 e. The Morgan fingerprint density at radius 1 is 1.23 bits per heavy atom. The third-order valence-corrected chi connectivity index (χ3v) is 2.02. The number of aromatic hydroxyl groups is 3. The van der Waals surface area contributed by atoms with Crippen LogP contribution in [0.25, 0.3) is 0 Å². The van der Waals surface area contributed by atoms with Gasteiger partial charge in [0.25, 0.3) is 0 Å². The molecule has 70 valence electrons. The van der Waals surface area contributed by atoms with E-state index in [1.54, 1.807) is 0 Å². The summed E-state index contributed by atoms with van der Waals surface area (Å²) in [5.74, 6) is -3.61. The normalized spacial score (nSPS) is 9.92. The first-order valence-electron chi connectivity index (χ1n) is 3.11. The van der Waals surface area contributed by atoms with Crippen molar-refractivity contribution in [3.8, 4) is 17.2 Å². The zero-order valence-electron chi connectivity index (χ0n) is 6.15. The maximum Gasteiger partial charge on any atom is 0.343 e. The molecule has 4 N–H and O–H groups in total. The van der Waals surface area contributed by atoms with Crippen molar-refractivity contribution in [2.24, 2.45) is 0 Å². The number of carboxylic acid groups (broad SMARTS) is 1. The van der Waals surface area contributed by atoms with Gasteiger partial charge in [-0.3, -0.25) is 0 Å². The van der Waals surface area contributed by atoms with Gasteiger partial charge in [-0.25, -0.2) is 4.79 Å². The monoisotopic (exact) mass is 248 g/mol. The fraction of sp³-hybridized carbons (Fsp3) is 0. The first kappa shape index (κ1) is 9.66. The van der Waals surface area contributed by atoms with Gasteiger partial charge in [0.2, 0.25) is 0 Å². The van der Waals surface area contributed by atoms with E-state index in [1.165, 1.54) is 0 Å². The molecule has 0 saturated heterocycles. The summed E-state index contributed by atoms with van der Waals surface area (Å²) in [5.41, 5.74) is -0.730. The Morgan fingerprint density at radius 2 is 1.77 bits per heavy atom. The number of carbonyl (C=O) groups is 1. The average Bonchev–Trinajstić information content (AvgIpc) is 2.01. The van der Waals surface area contributed by atoms with E-state index in [-0.39, 0.29) is 4.47 Å². The summed E-state index contributed by atoms with van der Waals surface area (Å²) in [5, 5.41) is 35.8. The van der Waals surface area contributed by atoms with Gasteiger partial charge >= 0.3 is 5.97 Å². The van der Waals surface area contributed by atoms with E-state index in [9.17, 15) is 9.90 Å². The lowest BCUT2D eigenvalue weighted by Gasteiger charge is -2.05. The van der Waals surface area contributed by atoms with Crippen LogP contribution < -0.4 is 0 Å². The molecule has 0 heterocycles. The van der Waals surface area contributed by atoms with E-state index in [4.69, 9.17) is 15.3 Å². The molecule has 0 fully saturated rings. The predicted octanol–water partition coefficient (Wildman–Crippen LogP) is 1.26. The SMILES string of the molecule is O=C(O)c1c(O)c(O)cc(Br)c1O. The number of benzene rings is 1. The number of phenolic OH excluding ortho intramolecular Hbond substituents is 1. The maximum atomic E-state index is 10.5. The van der Waals surface area contributed by atoms with Crippen molar-refractivity contribution in [1.82, 2.24) is 0 Å². The first-order valence-corrected chi connectivity index (χ1v) is 3.91. The highest BCUT2D eigenvalue weighted by atomic mass is 79.9. The van der Waals surface area contributed by atoms with Crippen LogP contribution in [-0.2, 0) is 0 Å². The van der Waals surface area contributed by atoms with Gasteiger partial charge in [0.1, 0.15) is 11.3 Å². The van der Waals surface area contributed by atoms with Crippen LogP contribution >= 0.6 is 15.9 Å². The summed E-state index contributed by atoms with van der Waals surface area (Å²) in [6, 6.07) is 0.997. The lowest BCUT2D eigenvalue weighted by atomic mass is 10.1. The number of rotatable bonds is 1. The summed E-state index contributed by atoms with van der Waals surface area (Å²) in [6.07, 6.45) is 0. The van der Waals surface area contributed by atoms with Crippen molar-refractivity contribution in [2.75, 3.05) is 0 Å². The van der Waals surface area contributed by atoms with Gasteiger partial charge in [-0.05, 0) is 15.9 Å². The van der Waals surface area contributed by atoms with Crippen LogP contribution in [0.1, 0.15) is 10.4 Å². The van der Waals surface area contributed by atoms with E-state index in [0.717, 1.165) is 6.07 Å². The molecule has 0 atom stereocenters. The van der Waals surface area contributed by atoms with Crippen molar-refractivity contribution in [2.45, 2.75) is 0 Å². The van der Waals surface area contributed by atoms with Gasteiger partial charge in [0.15, 0.2) is 11.5 Å². The van der Waals surface area contributed by atoms with Crippen LogP contribution in [0.2, 0.25) is 0 Å². The molecular weight excluding hydrogens is 244 g/mol. The first-order chi connectivity index (χ1) is 5.95. The largest absolute Gasteiger partial charge is 0.506 e. The lowest BCUT2D eigenvalue weighted by Crippen LogP contribution is -1.98. The number of carboxylic acids is 1. The van der Waals surface area contributed by atoms with Gasteiger partial charge in [-0.2, -0.15) is 0 Å². The summed E-state index contributed by atoms with van der Waals surface area (Å²) < 4.78 is 0.000185.